The Morgan fingerprint density at radius 2 is 1.61 bits per heavy atom. The number of hydrogen-bond acceptors (Lipinski definition) is 4. The number of nitrogens with one attached hydrogen (secondary N) is 1. The van der Waals surface area contributed by atoms with E-state index in [0.29, 0.717) is 6.54 Å². The van der Waals surface area contributed by atoms with Gasteiger partial charge in [-0.2, -0.15) is 0 Å². The average Bonchev–Trinajstić information content (AvgIpc) is 2.62. The van der Waals surface area contributed by atoms with Crippen LogP contribution in [0.25, 0.3) is 0 Å². The number of para-hydroxylation sites is 1. The van der Waals surface area contributed by atoms with E-state index in [1.807, 2.05) is 66.7 Å². The van der Waals surface area contributed by atoms with Crippen LogP contribution in [-0.4, -0.2) is 12.1 Å². The van der Waals surface area contributed by atoms with Gasteiger partial charge in [-0.1, -0.05) is 24.3 Å². The molecule has 0 aliphatic carbocycles. The molecular weight excluding hydrogens is 288 g/mol. The highest BCUT2D eigenvalue weighted by Crippen LogP contribution is 2.27. The third-order valence-corrected chi connectivity index (χ3v) is 3.38. The lowest BCUT2D eigenvalue weighted by molar-refractivity contribution is 0.412. The number of nitrogens with zero attached hydrogens (tertiary/aromatic N) is 1. The summed E-state index contributed by atoms with van der Waals surface area (Å²) >= 11 is 0. The van der Waals surface area contributed by atoms with E-state index < -0.39 is 0 Å². The molecule has 1 N–H and O–H groups in total. The number of hydrogen-bond donors (Lipinski definition) is 1. The molecule has 0 amide bonds. The SMILES string of the molecule is COc1ccc(Oc2ccccc2CNc2ccccn2)cc1. The summed E-state index contributed by atoms with van der Waals surface area (Å²) in [5.41, 5.74) is 1.06. The Morgan fingerprint density at radius 3 is 2.35 bits per heavy atom. The smallest absolute Gasteiger partial charge is 0.132 e. The van der Waals surface area contributed by atoms with Gasteiger partial charge in [-0.3, -0.25) is 0 Å². The summed E-state index contributed by atoms with van der Waals surface area (Å²) in [5, 5.41) is 3.29. The summed E-state index contributed by atoms with van der Waals surface area (Å²) in [7, 11) is 1.65. The van der Waals surface area contributed by atoms with E-state index >= 15 is 0 Å². The molecule has 0 saturated carbocycles. The van der Waals surface area contributed by atoms with Gasteiger partial charge in [0.2, 0.25) is 0 Å². The van der Waals surface area contributed by atoms with Crippen molar-refractivity contribution in [2.75, 3.05) is 12.4 Å². The van der Waals surface area contributed by atoms with Crippen molar-refractivity contribution in [2.45, 2.75) is 6.54 Å². The predicted molar refractivity (Wildman–Crippen MR) is 91.1 cm³/mol. The standard InChI is InChI=1S/C19H18N2O2/c1-22-16-9-11-17(12-10-16)23-18-7-3-2-6-15(18)14-21-19-8-4-5-13-20-19/h2-13H,14H2,1H3,(H,20,21). The molecule has 1 aromatic heterocycles. The minimum Gasteiger partial charge on any atom is -0.497 e. The van der Waals surface area contributed by atoms with E-state index in [1.165, 1.54) is 0 Å². The molecule has 3 rings (SSSR count). The largest absolute Gasteiger partial charge is 0.497 e. The third kappa shape index (κ3) is 4.01. The summed E-state index contributed by atoms with van der Waals surface area (Å²) in [6, 6.07) is 21.3. The van der Waals surface area contributed by atoms with Crippen LogP contribution in [-0.2, 0) is 6.54 Å². The van der Waals surface area contributed by atoms with Gasteiger partial charge in [-0.05, 0) is 42.5 Å². The highest BCUT2D eigenvalue weighted by atomic mass is 16.5. The Morgan fingerprint density at radius 1 is 0.870 bits per heavy atom. The first-order valence-corrected chi connectivity index (χ1v) is 7.40. The van der Waals surface area contributed by atoms with Crippen molar-refractivity contribution in [3.05, 3.63) is 78.5 Å². The quantitative estimate of drug-likeness (QED) is 0.728. The molecule has 0 radical (unpaired) electrons. The van der Waals surface area contributed by atoms with Gasteiger partial charge in [0, 0.05) is 18.3 Å². The lowest BCUT2D eigenvalue weighted by Crippen LogP contribution is -2.02. The Labute approximate surface area is 135 Å². The first kappa shape index (κ1) is 14.9. The van der Waals surface area contributed by atoms with E-state index in [0.717, 1.165) is 28.6 Å². The molecule has 0 bridgehead atoms. The molecule has 4 heteroatoms. The highest BCUT2D eigenvalue weighted by Gasteiger charge is 2.05. The number of aromatic nitrogens is 1. The summed E-state index contributed by atoms with van der Waals surface area (Å²) in [5.74, 6) is 3.24. The van der Waals surface area contributed by atoms with E-state index in [9.17, 15) is 0 Å². The van der Waals surface area contributed by atoms with Crippen LogP contribution in [0, 0.1) is 0 Å². The second kappa shape index (κ2) is 7.31. The molecule has 0 fully saturated rings. The number of pyridine rings is 1. The van der Waals surface area contributed by atoms with Crippen molar-refractivity contribution in [3.8, 4) is 17.2 Å². The van der Waals surface area contributed by atoms with Gasteiger partial charge in [-0.15, -0.1) is 0 Å². The maximum atomic E-state index is 5.98. The fraction of sp³-hybridized carbons (Fsp3) is 0.105. The molecule has 23 heavy (non-hydrogen) atoms. The molecule has 3 aromatic rings. The van der Waals surface area contributed by atoms with Gasteiger partial charge in [0.25, 0.3) is 0 Å². The maximum absolute atomic E-state index is 5.98. The molecule has 0 spiro atoms. The van der Waals surface area contributed by atoms with Crippen molar-refractivity contribution in [1.29, 1.82) is 0 Å². The predicted octanol–water partition coefficient (Wildman–Crippen LogP) is 4.49. The van der Waals surface area contributed by atoms with E-state index in [1.54, 1.807) is 13.3 Å². The van der Waals surface area contributed by atoms with Crippen molar-refractivity contribution >= 4 is 5.82 Å². The van der Waals surface area contributed by atoms with Crippen molar-refractivity contribution in [2.24, 2.45) is 0 Å². The van der Waals surface area contributed by atoms with Crippen molar-refractivity contribution < 1.29 is 9.47 Å². The molecule has 0 atom stereocenters. The number of rotatable bonds is 6. The van der Waals surface area contributed by atoms with Crippen LogP contribution < -0.4 is 14.8 Å². The van der Waals surface area contributed by atoms with Gasteiger partial charge in [0.05, 0.1) is 7.11 Å². The number of benzene rings is 2. The number of ether oxygens (including phenoxy) is 2. The zero-order valence-corrected chi connectivity index (χ0v) is 12.9. The van der Waals surface area contributed by atoms with Crippen LogP contribution in [0.5, 0.6) is 17.2 Å². The normalized spacial score (nSPS) is 10.1. The van der Waals surface area contributed by atoms with Gasteiger partial charge in [0.15, 0.2) is 0 Å². The molecule has 1 heterocycles. The van der Waals surface area contributed by atoms with Crippen LogP contribution in [0.15, 0.2) is 72.9 Å². The van der Waals surface area contributed by atoms with Crippen LogP contribution in [0.4, 0.5) is 5.82 Å². The van der Waals surface area contributed by atoms with E-state index in [-0.39, 0.29) is 0 Å². The Balaban J connectivity index is 1.72. The molecule has 116 valence electrons. The molecule has 4 nitrogen and oxygen atoms in total. The summed E-state index contributed by atoms with van der Waals surface area (Å²) < 4.78 is 11.1. The van der Waals surface area contributed by atoms with Gasteiger partial charge < -0.3 is 14.8 Å². The van der Waals surface area contributed by atoms with Crippen LogP contribution in [0.2, 0.25) is 0 Å². The lowest BCUT2D eigenvalue weighted by atomic mass is 10.2. The van der Waals surface area contributed by atoms with Crippen LogP contribution in [0.1, 0.15) is 5.56 Å². The summed E-state index contributed by atoms with van der Waals surface area (Å²) in [6.45, 7) is 0.642. The monoisotopic (exact) mass is 306 g/mol. The topological polar surface area (TPSA) is 43.4 Å². The molecule has 0 aliphatic heterocycles. The Bertz CT molecular complexity index is 743. The Hall–Kier alpha value is -3.01. The molecular formula is C19H18N2O2. The molecule has 2 aromatic carbocycles. The number of anilines is 1. The number of methoxy groups -OCH3 is 1. The second-order valence-corrected chi connectivity index (χ2v) is 4.95. The van der Waals surface area contributed by atoms with Gasteiger partial charge >= 0.3 is 0 Å². The first-order chi connectivity index (χ1) is 11.3. The highest BCUT2D eigenvalue weighted by molar-refractivity contribution is 5.42. The zero-order valence-electron chi connectivity index (χ0n) is 12.9. The van der Waals surface area contributed by atoms with Crippen LogP contribution in [0.3, 0.4) is 0 Å². The fourth-order valence-electron chi connectivity index (χ4n) is 2.17. The minimum absolute atomic E-state index is 0.642. The van der Waals surface area contributed by atoms with Gasteiger partial charge in [-0.25, -0.2) is 4.98 Å². The first-order valence-electron chi connectivity index (χ1n) is 7.40. The molecule has 0 saturated heterocycles. The average molecular weight is 306 g/mol. The van der Waals surface area contributed by atoms with Crippen molar-refractivity contribution in [1.82, 2.24) is 4.98 Å². The second-order valence-electron chi connectivity index (χ2n) is 4.95. The minimum atomic E-state index is 0.642. The lowest BCUT2D eigenvalue weighted by Gasteiger charge is -2.12. The molecule has 0 aliphatic rings. The van der Waals surface area contributed by atoms with Gasteiger partial charge in [0.1, 0.15) is 23.1 Å². The van der Waals surface area contributed by atoms with E-state index in [2.05, 4.69) is 10.3 Å². The zero-order chi connectivity index (χ0) is 15.9. The fourth-order valence-corrected chi connectivity index (χ4v) is 2.17. The third-order valence-electron chi connectivity index (χ3n) is 3.38. The maximum Gasteiger partial charge on any atom is 0.132 e. The van der Waals surface area contributed by atoms with E-state index in [4.69, 9.17) is 9.47 Å². The molecule has 0 unspecified atom stereocenters. The van der Waals surface area contributed by atoms with Crippen molar-refractivity contribution in [3.63, 3.8) is 0 Å². The summed E-state index contributed by atoms with van der Waals surface area (Å²) in [4.78, 5) is 4.26. The Kier molecular flexibility index (Phi) is 4.74. The summed E-state index contributed by atoms with van der Waals surface area (Å²) in [6.07, 6.45) is 1.77. The van der Waals surface area contributed by atoms with Crippen LogP contribution >= 0.6 is 0 Å².